The van der Waals surface area contributed by atoms with Crippen LogP contribution in [0.25, 0.3) is 0 Å². The van der Waals surface area contributed by atoms with E-state index < -0.39 is 0 Å². The lowest BCUT2D eigenvalue weighted by atomic mass is 10.2. The summed E-state index contributed by atoms with van der Waals surface area (Å²) in [6.45, 7) is 3.71. The van der Waals surface area contributed by atoms with Crippen LogP contribution < -0.4 is 15.0 Å². The first-order chi connectivity index (χ1) is 12.1. The molecule has 1 aromatic carbocycles. The zero-order valence-electron chi connectivity index (χ0n) is 14.2. The van der Waals surface area contributed by atoms with Gasteiger partial charge in [0, 0.05) is 44.3 Å². The lowest BCUT2D eigenvalue weighted by molar-refractivity contribution is 0.102. The summed E-state index contributed by atoms with van der Waals surface area (Å²) in [4.78, 5) is 25.4. The number of rotatable bonds is 4. The molecule has 132 valence electrons. The van der Waals surface area contributed by atoms with E-state index in [2.05, 4.69) is 32.1 Å². The summed E-state index contributed by atoms with van der Waals surface area (Å²) in [6, 6.07) is 5.06. The van der Waals surface area contributed by atoms with Crippen LogP contribution in [0.2, 0.25) is 5.02 Å². The SMILES string of the molecule is COc1ccc(NC(=O)c2cnc(N3CCN(C)CC3)nc2)cc1Cl. The fourth-order valence-corrected chi connectivity index (χ4v) is 2.81. The molecule has 25 heavy (non-hydrogen) atoms. The molecule has 1 fully saturated rings. The van der Waals surface area contributed by atoms with Gasteiger partial charge in [-0.2, -0.15) is 0 Å². The van der Waals surface area contributed by atoms with Crippen LogP contribution in [0.3, 0.4) is 0 Å². The number of nitrogens with zero attached hydrogens (tertiary/aromatic N) is 4. The molecule has 0 saturated carbocycles. The fraction of sp³-hybridized carbons (Fsp3) is 0.353. The van der Waals surface area contributed by atoms with Gasteiger partial charge >= 0.3 is 0 Å². The number of ether oxygens (including phenoxy) is 1. The lowest BCUT2D eigenvalue weighted by Gasteiger charge is -2.32. The minimum absolute atomic E-state index is 0.286. The Balaban J connectivity index is 1.65. The third kappa shape index (κ3) is 4.18. The Kier molecular flexibility index (Phi) is 5.35. The molecule has 1 aromatic heterocycles. The van der Waals surface area contributed by atoms with E-state index >= 15 is 0 Å². The number of nitrogens with one attached hydrogen (secondary N) is 1. The van der Waals surface area contributed by atoms with Crippen LogP contribution in [-0.4, -0.2) is 61.1 Å². The Morgan fingerprint density at radius 3 is 2.48 bits per heavy atom. The summed E-state index contributed by atoms with van der Waals surface area (Å²) < 4.78 is 5.09. The standard InChI is InChI=1S/C17H20ClN5O2/c1-22-5-7-23(8-6-22)17-19-10-12(11-20-17)16(24)21-13-3-4-15(25-2)14(18)9-13/h3-4,9-11H,5-8H2,1-2H3,(H,21,24). The second-order valence-corrected chi connectivity index (χ2v) is 6.27. The Hall–Kier alpha value is -2.38. The van der Waals surface area contributed by atoms with Crippen LogP contribution in [0.15, 0.2) is 30.6 Å². The fourth-order valence-electron chi connectivity index (χ4n) is 2.56. The second kappa shape index (κ2) is 7.67. The van der Waals surface area contributed by atoms with Gasteiger partial charge in [-0.3, -0.25) is 4.79 Å². The van der Waals surface area contributed by atoms with E-state index in [0.29, 0.717) is 28.0 Å². The topological polar surface area (TPSA) is 70.6 Å². The Labute approximate surface area is 151 Å². The summed E-state index contributed by atoms with van der Waals surface area (Å²) in [5, 5.41) is 3.21. The van der Waals surface area contributed by atoms with Crippen molar-refractivity contribution in [1.82, 2.24) is 14.9 Å². The normalized spacial score (nSPS) is 15.1. The maximum absolute atomic E-state index is 12.3. The molecular formula is C17H20ClN5O2. The predicted octanol–water partition coefficient (Wildman–Crippen LogP) is 2.14. The first-order valence-corrected chi connectivity index (χ1v) is 8.35. The van der Waals surface area contributed by atoms with Crippen molar-refractivity contribution in [2.45, 2.75) is 0 Å². The van der Waals surface area contributed by atoms with E-state index in [0.717, 1.165) is 26.2 Å². The molecule has 0 bridgehead atoms. The molecule has 1 aliphatic rings. The molecule has 0 atom stereocenters. The number of benzene rings is 1. The van der Waals surface area contributed by atoms with Crippen LogP contribution in [0, 0.1) is 0 Å². The number of carbonyl (C=O) groups excluding carboxylic acids is 1. The van der Waals surface area contributed by atoms with Gasteiger partial charge in [-0.25, -0.2) is 9.97 Å². The molecule has 1 N–H and O–H groups in total. The maximum Gasteiger partial charge on any atom is 0.258 e. The quantitative estimate of drug-likeness (QED) is 0.899. The highest BCUT2D eigenvalue weighted by atomic mass is 35.5. The molecule has 0 spiro atoms. The molecule has 1 amide bonds. The van der Waals surface area contributed by atoms with E-state index in [1.54, 1.807) is 37.7 Å². The Morgan fingerprint density at radius 1 is 1.20 bits per heavy atom. The number of anilines is 2. The minimum Gasteiger partial charge on any atom is -0.495 e. The third-order valence-electron chi connectivity index (χ3n) is 4.10. The van der Waals surface area contributed by atoms with Gasteiger partial charge in [0.05, 0.1) is 17.7 Å². The second-order valence-electron chi connectivity index (χ2n) is 5.87. The number of piperazine rings is 1. The minimum atomic E-state index is -0.286. The van der Waals surface area contributed by atoms with Crippen molar-refractivity contribution in [3.05, 3.63) is 41.2 Å². The third-order valence-corrected chi connectivity index (χ3v) is 4.39. The zero-order valence-corrected chi connectivity index (χ0v) is 15.0. The van der Waals surface area contributed by atoms with E-state index in [1.807, 2.05) is 0 Å². The highest BCUT2D eigenvalue weighted by Crippen LogP contribution is 2.27. The lowest BCUT2D eigenvalue weighted by Crippen LogP contribution is -2.45. The zero-order chi connectivity index (χ0) is 17.8. The van der Waals surface area contributed by atoms with Gasteiger partial charge in [0.25, 0.3) is 5.91 Å². The molecule has 2 heterocycles. The van der Waals surface area contributed by atoms with Gasteiger partial charge in [-0.05, 0) is 25.2 Å². The van der Waals surface area contributed by atoms with Crippen LogP contribution in [0.1, 0.15) is 10.4 Å². The van der Waals surface area contributed by atoms with Crippen molar-refractivity contribution in [3.8, 4) is 5.75 Å². The molecule has 8 heteroatoms. The van der Waals surface area contributed by atoms with Gasteiger partial charge in [0.15, 0.2) is 0 Å². The monoisotopic (exact) mass is 361 g/mol. The summed E-state index contributed by atoms with van der Waals surface area (Å²) in [5.41, 5.74) is 0.976. The van der Waals surface area contributed by atoms with Gasteiger partial charge in [-0.1, -0.05) is 11.6 Å². The number of hydrogen-bond acceptors (Lipinski definition) is 6. The number of hydrogen-bond donors (Lipinski definition) is 1. The highest BCUT2D eigenvalue weighted by molar-refractivity contribution is 6.32. The van der Waals surface area contributed by atoms with E-state index in [1.165, 1.54) is 0 Å². The van der Waals surface area contributed by atoms with Crippen molar-refractivity contribution in [3.63, 3.8) is 0 Å². The molecule has 0 aliphatic carbocycles. The molecule has 1 aliphatic heterocycles. The molecular weight excluding hydrogens is 342 g/mol. The molecule has 3 rings (SSSR count). The molecule has 0 radical (unpaired) electrons. The number of likely N-dealkylation sites (N-methyl/N-ethyl adjacent to an activating group) is 1. The number of halogens is 1. The molecule has 2 aromatic rings. The molecule has 0 unspecified atom stereocenters. The summed E-state index contributed by atoms with van der Waals surface area (Å²) in [5.74, 6) is 0.919. The van der Waals surface area contributed by atoms with Crippen molar-refractivity contribution >= 4 is 29.1 Å². The summed E-state index contributed by atoms with van der Waals surface area (Å²) in [6.07, 6.45) is 3.09. The average molecular weight is 362 g/mol. The maximum atomic E-state index is 12.3. The van der Waals surface area contributed by atoms with Gasteiger partial charge in [-0.15, -0.1) is 0 Å². The first-order valence-electron chi connectivity index (χ1n) is 7.97. The van der Waals surface area contributed by atoms with Crippen molar-refractivity contribution in [1.29, 1.82) is 0 Å². The summed E-state index contributed by atoms with van der Waals surface area (Å²) in [7, 11) is 3.63. The van der Waals surface area contributed by atoms with Gasteiger partial charge < -0.3 is 19.9 Å². The largest absolute Gasteiger partial charge is 0.495 e. The van der Waals surface area contributed by atoms with E-state index in [9.17, 15) is 4.79 Å². The number of methoxy groups -OCH3 is 1. The van der Waals surface area contributed by atoms with Crippen LogP contribution >= 0.6 is 11.6 Å². The number of amides is 1. The first kappa shape index (κ1) is 17.4. The van der Waals surface area contributed by atoms with E-state index in [4.69, 9.17) is 16.3 Å². The van der Waals surface area contributed by atoms with Gasteiger partial charge in [0.1, 0.15) is 5.75 Å². The van der Waals surface area contributed by atoms with Crippen molar-refractivity contribution < 1.29 is 9.53 Å². The van der Waals surface area contributed by atoms with Crippen molar-refractivity contribution in [2.75, 3.05) is 50.6 Å². The Morgan fingerprint density at radius 2 is 1.88 bits per heavy atom. The summed E-state index contributed by atoms with van der Waals surface area (Å²) >= 11 is 6.07. The van der Waals surface area contributed by atoms with Crippen molar-refractivity contribution in [2.24, 2.45) is 0 Å². The van der Waals surface area contributed by atoms with Crippen LogP contribution in [-0.2, 0) is 0 Å². The number of carbonyl (C=O) groups is 1. The van der Waals surface area contributed by atoms with Gasteiger partial charge in [0.2, 0.25) is 5.95 Å². The molecule has 7 nitrogen and oxygen atoms in total. The number of aromatic nitrogens is 2. The smallest absolute Gasteiger partial charge is 0.258 e. The highest BCUT2D eigenvalue weighted by Gasteiger charge is 2.17. The van der Waals surface area contributed by atoms with Crippen LogP contribution in [0.4, 0.5) is 11.6 Å². The predicted molar refractivity (Wildman–Crippen MR) is 97.7 cm³/mol. The Bertz CT molecular complexity index is 745. The average Bonchev–Trinajstić information content (AvgIpc) is 2.63. The van der Waals surface area contributed by atoms with Crippen LogP contribution in [0.5, 0.6) is 5.75 Å². The molecule has 1 saturated heterocycles. The van der Waals surface area contributed by atoms with E-state index in [-0.39, 0.29) is 5.91 Å².